The molecule has 0 radical (unpaired) electrons. The van der Waals surface area contributed by atoms with Gasteiger partial charge in [0.1, 0.15) is 48.8 Å². The third-order valence-electron chi connectivity index (χ3n) is 5.36. The molecular weight excluding hydrogens is 428 g/mol. The predicted molar refractivity (Wildman–Crippen MR) is 117 cm³/mol. The maximum Gasteiger partial charge on any atom is 0.191 e. The smallest absolute Gasteiger partial charge is 0.191 e. The summed E-state index contributed by atoms with van der Waals surface area (Å²) in [5.74, 6) is -0.990. The molecule has 0 saturated carbocycles. The molecule has 1 aliphatic carbocycles. The fourth-order valence-electron chi connectivity index (χ4n) is 3.67. The molecule has 0 spiro atoms. The molecule has 34 heavy (non-hydrogen) atoms. The molecule has 0 aromatic rings. The van der Waals surface area contributed by atoms with Crippen LogP contribution in [0.5, 0.6) is 0 Å². The van der Waals surface area contributed by atoms with Crippen LogP contribution >= 0.6 is 0 Å². The summed E-state index contributed by atoms with van der Waals surface area (Å²) in [5, 5.41) is 55.1. The molecule has 8 nitrogen and oxygen atoms in total. The summed E-state index contributed by atoms with van der Waals surface area (Å²) in [6.07, 6.45) is 11.9. The first kappa shape index (κ1) is 23.4. The van der Waals surface area contributed by atoms with Crippen LogP contribution in [0.1, 0.15) is 19.3 Å². The maximum absolute atomic E-state index is 9.46. The highest BCUT2D eigenvalue weighted by Crippen LogP contribution is 2.31. The van der Waals surface area contributed by atoms with Crippen LogP contribution in [-0.4, -0.2) is 13.2 Å². The van der Waals surface area contributed by atoms with Gasteiger partial charge in [0, 0.05) is 11.1 Å². The second kappa shape index (κ2) is 10.8. The molecule has 2 heterocycles. The Bertz CT molecular complexity index is 1360. The standard InChI is InChI=1S/C26H16N6O2/c27-9-21(10-28)25-23(13-31)19(15-33-25)6-4-17-2-1-3-18(8-17)5-7-20-16-34-26(24(20)14-32)22(11-29)12-30/h4-8,21H,1-3,15-16H2/b7-5+,17-4+,19-6+. The number of hydrogen-bond donors (Lipinski definition) is 0. The minimum absolute atomic E-state index is 0.0199. The van der Waals surface area contributed by atoms with E-state index in [9.17, 15) is 10.5 Å². The van der Waals surface area contributed by atoms with E-state index in [-0.39, 0.29) is 41.5 Å². The molecule has 0 aromatic carbocycles. The fourth-order valence-corrected chi connectivity index (χ4v) is 3.67. The van der Waals surface area contributed by atoms with E-state index in [1.54, 1.807) is 24.3 Å². The summed E-state index contributed by atoms with van der Waals surface area (Å²) in [7, 11) is 0. The molecule has 0 unspecified atom stereocenters. The lowest BCUT2D eigenvalue weighted by molar-refractivity contribution is 0.244. The van der Waals surface area contributed by atoms with Gasteiger partial charge in [0.25, 0.3) is 0 Å². The number of allylic oxidation sites excluding steroid dienone is 9. The monoisotopic (exact) mass is 444 g/mol. The molecule has 0 amide bonds. The van der Waals surface area contributed by atoms with Crippen molar-refractivity contribution >= 4 is 0 Å². The zero-order valence-electron chi connectivity index (χ0n) is 18.0. The Morgan fingerprint density at radius 1 is 0.853 bits per heavy atom. The van der Waals surface area contributed by atoms with Gasteiger partial charge in [0.15, 0.2) is 17.3 Å². The molecular formula is C26H16N6O2. The highest BCUT2D eigenvalue weighted by Gasteiger charge is 2.28. The van der Waals surface area contributed by atoms with Crippen molar-refractivity contribution in [1.82, 2.24) is 0 Å². The Labute approximate surface area is 197 Å². The Balaban J connectivity index is 1.85. The Kier molecular flexibility index (Phi) is 7.46. The van der Waals surface area contributed by atoms with Crippen LogP contribution in [0.2, 0.25) is 0 Å². The van der Waals surface area contributed by atoms with Gasteiger partial charge in [-0.3, -0.25) is 0 Å². The van der Waals surface area contributed by atoms with E-state index >= 15 is 0 Å². The second-order valence-corrected chi connectivity index (χ2v) is 7.40. The minimum atomic E-state index is -1.11. The third-order valence-corrected chi connectivity index (χ3v) is 5.36. The van der Waals surface area contributed by atoms with Gasteiger partial charge < -0.3 is 9.47 Å². The zero-order chi connectivity index (χ0) is 24.5. The molecule has 0 fully saturated rings. The van der Waals surface area contributed by atoms with Crippen molar-refractivity contribution in [2.45, 2.75) is 19.3 Å². The predicted octanol–water partition coefficient (Wildman–Crippen LogP) is 4.13. The summed E-state index contributed by atoms with van der Waals surface area (Å²) < 4.78 is 10.8. The normalized spacial score (nSPS) is 19.6. The molecule has 162 valence electrons. The number of hydrogen-bond acceptors (Lipinski definition) is 8. The van der Waals surface area contributed by atoms with Gasteiger partial charge in [-0.15, -0.1) is 0 Å². The van der Waals surface area contributed by atoms with Gasteiger partial charge in [-0.05, 0) is 30.4 Å². The van der Waals surface area contributed by atoms with Gasteiger partial charge in [-0.25, -0.2) is 0 Å². The quantitative estimate of drug-likeness (QED) is 0.585. The average Bonchev–Trinajstić information content (AvgIpc) is 3.47. The maximum atomic E-state index is 9.46. The minimum Gasteiger partial charge on any atom is -0.489 e. The van der Waals surface area contributed by atoms with Gasteiger partial charge in [-0.1, -0.05) is 30.4 Å². The molecule has 3 rings (SSSR count). The third kappa shape index (κ3) is 4.79. The van der Waals surface area contributed by atoms with Crippen molar-refractivity contribution in [3.63, 3.8) is 0 Å². The lowest BCUT2D eigenvalue weighted by atomic mass is 9.93. The van der Waals surface area contributed by atoms with Crippen LogP contribution in [0.15, 0.2) is 80.9 Å². The molecule has 8 heteroatoms. The fraction of sp³-hybridized carbons (Fsp3) is 0.231. The number of nitriles is 6. The molecule has 0 bridgehead atoms. The van der Waals surface area contributed by atoms with Crippen LogP contribution in [0.3, 0.4) is 0 Å². The number of nitrogens with zero attached hydrogens (tertiary/aromatic N) is 6. The summed E-state index contributed by atoms with van der Waals surface area (Å²) in [4.78, 5) is 0. The van der Waals surface area contributed by atoms with Gasteiger partial charge in [-0.2, -0.15) is 31.6 Å². The molecule has 0 saturated heterocycles. The van der Waals surface area contributed by atoms with E-state index in [0.29, 0.717) is 11.1 Å². The highest BCUT2D eigenvalue weighted by atomic mass is 16.5. The average molecular weight is 444 g/mol. The summed E-state index contributed by atoms with van der Waals surface area (Å²) in [6.45, 7) is 0.244. The lowest BCUT2D eigenvalue weighted by Gasteiger charge is -2.12. The molecule has 0 N–H and O–H groups in total. The number of ether oxygens (including phenoxy) is 2. The van der Waals surface area contributed by atoms with Crippen LogP contribution in [0.25, 0.3) is 0 Å². The van der Waals surface area contributed by atoms with E-state index in [1.165, 1.54) is 0 Å². The van der Waals surface area contributed by atoms with Crippen molar-refractivity contribution in [1.29, 1.82) is 31.6 Å². The Morgan fingerprint density at radius 2 is 1.59 bits per heavy atom. The molecule has 2 aliphatic heterocycles. The van der Waals surface area contributed by atoms with E-state index in [0.717, 1.165) is 30.4 Å². The first-order chi connectivity index (χ1) is 16.6. The number of rotatable bonds is 4. The lowest BCUT2D eigenvalue weighted by Crippen LogP contribution is -1.99. The van der Waals surface area contributed by atoms with E-state index in [1.807, 2.05) is 42.5 Å². The van der Waals surface area contributed by atoms with Crippen molar-refractivity contribution in [2.24, 2.45) is 5.92 Å². The largest absolute Gasteiger partial charge is 0.489 e. The van der Waals surface area contributed by atoms with E-state index in [2.05, 4.69) is 0 Å². The van der Waals surface area contributed by atoms with Gasteiger partial charge >= 0.3 is 0 Å². The van der Waals surface area contributed by atoms with Crippen LogP contribution < -0.4 is 0 Å². The van der Waals surface area contributed by atoms with E-state index < -0.39 is 5.92 Å². The first-order valence-electron chi connectivity index (χ1n) is 10.3. The second-order valence-electron chi connectivity index (χ2n) is 7.40. The van der Waals surface area contributed by atoms with Crippen molar-refractivity contribution in [2.75, 3.05) is 13.2 Å². The summed E-state index contributed by atoms with van der Waals surface area (Å²) in [5.41, 5.74) is 3.47. The first-order valence-corrected chi connectivity index (χ1v) is 10.3. The van der Waals surface area contributed by atoms with E-state index in [4.69, 9.17) is 30.5 Å². The molecule has 0 aromatic heterocycles. The van der Waals surface area contributed by atoms with Crippen LogP contribution in [0.4, 0.5) is 0 Å². The SMILES string of the molecule is N#CC(C#N)=C1OCC(/C=C/C2=CC(=C/C=C3\COC(C(C#N)C#N)=C3C#N)/CCC2)=C1C#N. The van der Waals surface area contributed by atoms with Crippen LogP contribution in [0, 0.1) is 73.9 Å². The van der Waals surface area contributed by atoms with Crippen LogP contribution in [-0.2, 0) is 9.47 Å². The highest BCUT2D eigenvalue weighted by molar-refractivity contribution is 5.58. The van der Waals surface area contributed by atoms with Gasteiger partial charge in [0.05, 0.1) is 17.7 Å². The van der Waals surface area contributed by atoms with Crippen molar-refractivity contribution in [3.8, 4) is 36.4 Å². The summed E-state index contributed by atoms with van der Waals surface area (Å²) in [6, 6.07) is 11.2. The van der Waals surface area contributed by atoms with Crippen molar-refractivity contribution in [3.05, 3.63) is 80.9 Å². The topological polar surface area (TPSA) is 161 Å². The summed E-state index contributed by atoms with van der Waals surface area (Å²) >= 11 is 0. The van der Waals surface area contributed by atoms with Gasteiger partial charge in [0.2, 0.25) is 0 Å². The Morgan fingerprint density at radius 3 is 2.24 bits per heavy atom. The zero-order valence-corrected chi connectivity index (χ0v) is 18.0. The molecule has 0 atom stereocenters. The Hall–Kier alpha value is -5.28. The molecule has 3 aliphatic rings. The van der Waals surface area contributed by atoms with Crippen molar-refractivity contribution < 1.29 is 9.47 Å².